The van der Waals surface area contributed by atoms with E-state index in [-0.39, 0.29) is 0 Å². The second kappa shape index (κ2) is 5.88. The van der Waals surface area contributed by atoms with Gasteiger partial charge in [0.1, 0.15) is 11.3 Å². The number of aromatic carboxylic acids is 1. The Morgan fingerprint density at radius 1 is 1.43 bits per heavy atom. The predicted molar refractivity (Wildman–Crippen MR) is 82.6 cm³/mol. The number of hydrogen-bond donors (Lipinski definition) is 1. The normalized spacial score (nSPS) is 14.7. The van der Waals surface area contributed by atoms with Gasteiger partial charge in [-0.1, -0.05) is 25.8 Å². The molecule has 1 fully saturated rings. The number of benzene rings is 1. The molecule has 1 N–H and O–H groups in total. The molecular weight excluding hydrogens is 264 g/mol. The van der Waals surface area contributed by atoms with Crippen LogP contribution < -0.4 is 0 Å². The van der Waals surface area contributed by atoms with Crippen LogP contribution in [-0.4, -0.2) is 20.6 Å². The monoisotopic (exact) mass is 286 g/mol. The Bertz CT molecular complexity index is 656. The van der Waals surface area contributed by atoms with Gasteiger partial charge in [0.15, 0.2) is 0 Å². The minimum absolute atomic E-state index is 0.311. The zero-order valence-electron chi connectivity index (χ0n) is 12.5. The molecular formula is C17H22N2O2. The van der Waals surface area contributed by atoms with Gasteiger partial charge in [0, 0.05) is 13.0 Å². The van der Waals surface area contributed by atoms with Gasteiger partial charge >= 0.3 is 5.97 Å². The average Bonchev–Trinajstić information content (AvgIpc) is 3.21. The summed E-state index contributed by atoms with van der Waals surface area (Å²) in [5, 5.41) is 9.32. The number of imidazole rings is 1. The van der Waals surface area contributed by atoms with E-state index in [0.717, 1.165) is 43.1 Å². The summed E-state index contributed by atoms with van der Waals surface area (Å²) in [4.78, 5) is 16.0. The van der Waals surface area contributed by atoms with Gasteiger partial charge in [-0.25, -0.2) is 9.78 Å². The summed E-state index contributed by atoms with van der Waals surface area (Å²) in [6, 6.07) is 5.45. The molecule has 3 rings (SSSR count). The van der Waals surface area contributed by atoms with Crippen LogP contribution in [0.4, 0.5) is 0 Å². The van der Waals surface area contributed by atoms with Crippen LogP contribution in [0, 0.1) is 5.92 Å². The van der Waals surface area contributed by atoms with Gasteiger partial charge in [-0.3, -0.25) is 0 Å². The minimum Gasteiger partial charge on any atom is -0.478 e. The summed E-state index contributed by atoms with van der Waals surface area (Å²) in [6.07, 6.45) is 7.13. The summed E-state index contributed by atoms with van der Waals surface area (Å²) in [7, 11) is 0. The quantitative estimate of drug-likeness (QED) is 0.840. The van der Waals surface area contributed by atoms with Gasteiger partial charge < -0.3 is 9.67 Å². The lowest BCUT2D eigenvalue weighted by Gasteiger charge is -2.08. The maximum Gasteiger partial charge on any atom is 0.337 e. The van der Waals surface area contributed by atoms with E-state index in [4.69, 9.17) is 0 Å². The van der Waals surface area contributed by atoms with E-state index in [1.165, 1.54) is 19.3 Å². The second-order valence-corrected chi connectivity index (χ2v) is 5.99. The predicted octanol–water partition coefficient (Wildman–Crippen LogP) is 3.88. The fraction of sp³-hybridized carbons (Fsp3) is 0.529. The van der Waals surface area contributed by atoms with Crippen LogP contribution in [-0.2, 0) is 13.0 Å². The molecule has 0 spiro atoms. The Morgan fingerprint density at radius 3 is 2.90 bits per heavy atom. The smallest absolute Gasteiger partial charge is 0.337 e. The van der Waals surface area contributed by atoms with Crippen LogP contribution in [0.5, 0.6) is 0 Å². The van der Waals surface area contributed by atoms with Crippen molar-refractivity contribution in [3.63, 3.8) is 0 Å². The highest BCUT2D eigenvalue weighted by atomic mass is 16.4. The van der Waals surface area contributed by atoms with Gasteiger partial charge in [-0.2, -0.15) is 0 Å². The fourth-order valence-corrected chi connectivity index (χ4v) is 2.98. The Hall–Kier alpha value is -1.84. The maximum absolute atomic E-state index is 11.4. The summed E-state index contributed by atoms with van der Waals surface area (Å²) in [5.41, 5.74) is 1.92. The van der Waals surface area contributed by atoms with Gasteiger partial charge in [0.25, 0.3) is 0 Å². The van der Waals surface area contributed by atoms with Crippen molar-refractivity contribution in [2.24, 2.45) is 5.92 Å². The van der Waals surface area contributed by atoms with E-state index < -0.39 is 5.97 Å². The number of aromatic nitrogens is 2. The molecule has 4 heteroatoms. The number of rotatable bonds is 7. The van der Waals surface area contributed by atoms with Crippen molar-refractivity contribution in [2.45, 2.75) is 52.0 Å². The van der Waals surface area contributed by atoms with Crippen molar-refractivity contribution >= 4 is 17.0 Å². The van der Waals surface area contributed by atoms with Gasteiger partial charge in [0.2, 0.25) is 0 Å². The molecule has 4 nitrogen and oxygen atoms in total. The van der Waals surface area contributed by atoms with Crippen molar-refractivity contribution in [3.05, 3.63) is 29.6 Å². The summed E-state index contributed by atoms with van der Waals surface area (Å²) >= 11 is 0. The topological polar surface area (TPSA) is 55.1 Å². The molecule has 0 bridgehead atoms. The lowest BCUT2D eigenvalue weighted by atomic mass is 10.2. The number of nitrogens with zero attached hydrogens (tertiary/aromatic N) is 2. The van der Waals surface area contributed by atoms with E-state index in [9.17, 15) is 9.90 Å². The number of para-hydroxylation sites is 1. The standard InChI is InChI=1S/C17H22N2O2/c1-2-5-15-18-16-13(17(20)21)7-3-8-14(16)19(15)11-4-6-12-9-10-12/h3,7-8,12H,2,4-6,9-11H2,1H3,(H,20,21). The van der Waals surface area contributed by atoms with E-state index in [1.807, 2.05) is 12.1 Å². The Morgan fingerprint density at radius 2 is 2.24 bits per heavy atom. The van der Waals surface area contributed by atoms with Gasteiger partial charge in [-0.05, 0) is 37.3 Å². The number of carbonyl (C=O) groups is 1. The molecule has 1 saturated carbocycles. The number of carboxylic acid groups (broad SMARTS) is 1. The molecule has 112 valence electrons. The molecule has 2 aromatic rings. The van der Waals surface area contributed by atoms with Crippen LogP contribution in [0.15, 0.2) is 18.2 Å². The lowest BCUT2D eigenvalue weighted by Crippen LogP contribution is -2.04. The summed E-state index contributed by atoms with van der Waals surface area (Å²) in [6.45, 7) is 3.08. The number of carboxylic acids is 1. The van der Waals surface area contributed by atoms with Crippen LogP contribution >= 0.6 is 0 Å². The summed E-state index contributed by atoms with van der Waals surface area (Å²) < 4.78 is 2.23. The molecule has 0 radical (unpaired) electrons. The largest absolute Gasteiger partial charge is 0.478 e. The molecule has 21 heavy (non-hydrogen) atoms. The van der Waals surface area contributed by atoms with Crippen molar-refractivity contribution in [1.29, 1.82) is 0 Å². The lowest BCUT2D eigenvalue weighted by molar-refractivity contribution is 0.0699. The number of fused-ring (bicyclic) bond motifs is 1. The number of aryl methyl sites for hydroxylation is 2. The Balaban J connectivity index is 1.95. The van der Waals surface area contributed by atoms with Crippen molar-refractivity contribution in [2.75, 3.05) is 0 Å². The molecule has 1 aliphatic rings. The maximum atomic E-state index is 11.4. The molecule has 0 atom stereocenters. The van der Waals surface area contributed by atoms with Gasteiger partial charge in [0.05, 0.1) is 11.1 Å². The van der Waals surface area contributed by atoms with E-state index in [2.05, 4.69) is 16.5 Å². The van der Waals surface area contributed by atoms with Crippen LogP contribution in [0.25, 0.3) is 11.0 Å². The molecule has 0 amide bonds. The first kappa shape index (κ1) is 14.1. The summed E-state index contributed by atoms with van der Waals surface area (Å²) in [5.74, 6) is 1.06. The SMILES string of the molecule is CCCc1nc2c(C(=O)O)cccc2n1CCCC1CC1. The highest BCUT2D eigenvalue weighted by Crippen LogP contribution is 2.34. The molecule has 1 aromatic carbocycles. The first-order valence-corrected chi connectivity index (χ1v) is 7.92. The molecule has 0 unspecified atom stereocenters. The molecule has 0 aliphatic heterocycles. The average molecular weight is 286 g/mol. The third-order valence-corrected chi connectivity index (χ3v) is 4.25. The zero-order valence-corrected chi connectivity index (χ0v) is 12.5. The highest BCUT2D eigenvalue weighted by molar-refractivity contribution is 6.01. The first-order chi connectivity index (χ1) is 10.2. The molecule has 1 aromatic heterocycles. The fourth-order valence-electron chi connectivity index (χ4n) is 2.98. The minimum atomic E-state index is -0.897. The Kier molecular flexibility index (Phi) is 3.95. The number of hydrogen-bond acceptors (Lipinski definition) is 2. The van der Waals surface area contributed by atoms with Gasteiger partial charge in [-0.15, -0.1) is 0 Å². The second-order valence-electron chi connectivity index (χ2n) is 5.99. The first-order valence-electron chi connectivity index (χ1n) is 7.92. The van der Waals surface area contributed by atoms with E-state index in [0.29, 0.717) is 11.1 Å². The molecule has 1 heterocycles. The Labute approximate surface area is 124 Å². The molecule has 1 aliphatic carbocycles. The van der Waals surface area contributed by atoms with E-state index >= 15 is 0 Å². The van der Waals surface area contributed by atoms with Crippen LogP contribution in [0.2, 0.25) is 0 Å². The van der Waals surface area contributed by atoms with Crippen molar-refractivity contribution in [3.8, 4) is 0 Å². The van der Waals surface area contributed by atoms with Crippen molar-refractivity contribution in [1.82, 2.24) is 9.55 Å². The third-order valence-electron chi connectivity index (χ3n) is 4.25. The molecule has 0 saturated heterocycles. The third kappa shape index (κ3) is 2.94. The van der Waals surface area contributed by atoms with Crippen LogP contribution in [0.3, 0.4) is 0 Å². The van der Waals surface area contributed by atoms with Crippen LogP contribution in [0.1, 0.15) is 55.2 Å². The van der Waals surface area contributed by atoms with E-state index in [1.54, 1.807) is 6.07 Å². The zero-order chi connectivity index (χ0) is 14.8. The van der Waals surface area contributed by atoms with Crippen molar-refractivity contribution < 1.29 is 9.90 Å². The highest BCUT2D eigenvalue weighted by Gasteiger charge is 2.21.